The first-order valence-corrected chi connectivity index (χ1v) is 28.1. The van der Waals surface area contributed by atoms with Gasteiger partial charge in [-0.25, -0.2) is 4.98 Å². The maximum atomic E-state index is 5.77. The molecule has 75 heavy (non-hydrogen) atoms. The molecule has 6 heteroatoms. The van der Waals surface area contributed by atoms with Crippen molar-refractivity contribution in [2.75, 3.05) is 14.7 Å². The van der Waals surface area contributed by atoms with Crippen LogP contribution in [0.4, 0.5) is 51.4 Å². The number of para-hydroxylation sites is 8. The molecule has 3 fully saturated rings. The van der Waals surface area contributed by atoms with Crippen molar-refractivity contribution >= 4 is 51.4 Å². The highest BCUT2D eigenvalue weighted by Crippen LogP contribution is 2.61. The Bertz CT molecular complexity index is 3340. The van der Waals surface area contributed by atoms with Gasteiger partial charge in [-0.2, -0.15) is 9.97 Å². The molecule has 3 aliphatic carbocycles. The van der Waals surface area contributed by atoms with Crippen LogP contribution in [0.5, 0.6) is 0 Å². The molecule has 3 spiro atoms. The molecular weight excluding hydrogens is 913 g/mol. The van der Waals surface area contributed by atoms with Gasteiger partial charge in [0.25, 0.3) is 0 Å². The number of hydrogen-bond acceptors (Lipinski definition) is 6. The molecule has 0 N–H and O–H groups in total. The monoisotopic (exact) mass is 975 g/mol. The van der Waals surface area contributed by atoms with E-state index < -0.39 is 0 Å². The Hall–Kier alpha value is -7.83. The van der Waals surface area contributed by atoms with Crippen LogP contribution in [0, 0.1) is 0 Å². The molecule has 368 valence electrons. The largest absolute Gasteiger partial charge is 0.309 e. The molecule has 3 saturated carbocycles. The molecule has 0 atom stereocenters. The van der Waals surface area contributed by atoms with Gasteiger partial charge in [-0.3, -0.25) is 4.90 Å². The minimum absolute atomic E-state index is 0.0266. The first-order valence-electron chi connectivity index (χ1n) is 28.1. The van der Waals surface area contributed by atoms with E-state index in [4.69, 9.17) is 15.0 Å². The van der Waals surface area contributed by atoms with E-state index in [0.717, 1.165) is 72.4 Å². The number of benzene rings is 8. The standard InChI is InChI=1S/C69H62N6/c1-20-42-67(43-21-1)50-28-6-14-36-58(50)73(59-37-15-7-29-51(59)67)56-34-12-4-26-48(56)64-70-65(72-66(71-64)75-62-40-18-10-32-54(62)69(46-24-3-25-47-69)55-33-11-19-41-63(55)75)49-27-5-13-35-57(49)74-60-38-16-8-30-52(60)68(44-22-2-23-45-68)53-31-9-17-39-61(53)74/h4-19,26-41H,1-3,20-25,42-47H2. The van der Waals surface area contributed by atoms with Gasteiger partial charge in [-0.05, 0) is 133 Å². The fourth-order valence-corrected chi connectivity index (χ4v) is 15.5. The Labute approximate surface area is 441 Å². The van der Waals surface area contributed by atoms with Crippen molar-refractivity contribution < 1.29 is 0 Å². The minimum atomic E-state index is -0.0741. The Morgan fingerprint density at radius 3 is 0.773 bits per heavy atom. The lowest BCUT2D eigenvalue weighted by Gasteiger charge is -2.48. The highest BCUT2D eigenvalue weighted by molar-refractivity contribution is 5.95. The zero-order valence-electron chi connectivity index (χ0n) is 42.8. The van der Waals surface area contributed by atoms with Crippen LogP contribution in [0.2, 0.25) is 0 Å². The first-order chi connectivity index (χ1) is 37.2. The number of fused-ring (bicyclic) bond motifs is 12. The van der Waals surface area contributed by atoms with E-state index in [9.17, 15) is 0 Å². The molecule has 0 saturated heterocycles. The fourth-order valence-electron chi connectivity index (χ4n) is 15.5. The maximum absolute atomic E-state index is 5.77. The quantitative estimate of drug-likeness (QED) is 0.171. The summed E-state index contributed by atoms with van der Waals surface area (Å²) >= 11 is 0. The second kappa shape index (κ2) is 17.7. The van der Waals surface area contributed by atoms with Crippen molar-refractivity contribution in [1.29, 1.82) is 0 Å². The van der Waals surface area contributed by atoms with Crippen molar-refractivity contribution in [2.24, 2.45) is 0 Å². The Balaban J connectivity index is 0.977. The van der Waals surface area contributed by atoms with Crippen LogP contribution in [0.3, 0.4) is 0 Å². The van der Waals surface area contributed by atoms with Gasteiger partial charge >= 0.3 is 0 Å². The van der Waals surface area contributed by atoms with Crippen LogP contribution in [0.15, 0.2) is 194 Å². The van der Waals surface area contributed by atoms with Gasteiger partial charge in [0.2, 0.25) is 5.95 Å². The molecule has 8 aromatic carbocycles. The second-order valence-corrected chi connectivity index (χ2v) is 22.4. The maximum Gasteiger partial charge on any atom is 0.238 e. The highest BCUT2D eigenvalue weighted by atomic mass is 15.3. The van der Waals surface area contributed by atoms with E-state index in [0.29, 0.717) is 17.6 Å². The van der Waals surface area contributed by atoms with Gasteiger partial charge < -0.3 is 9.80 Å². The average Bonchev–Trinajstić information content (AvgIpc) is 3.52. The summed E-state index contributed by atoms with van der Waals surface area (Å²) in [5, 5.41) is 0. The highest BCUT2D eigenvalue weighted by Gasteiger charge is 2.48. The Morgan fingerprint density at radius 2 is 0.480 bits per heavy atom. The van der Waals surface area contributed by atoms with E-state index in [1.54, 1.807) is 0 Å². The van der Waals surface area contributed by atoms with E-state index in [2.05, 4.69) is 209 Å². The van der Waals surface area contributed by atoms with Crippen molar-refractivity contribution in [3.05, 3.63) is 228 Å². The zero-order chi connectivity index (χ0) is 49.6. The lowest BCUT2D eigenvalue weighted by Crippen LogP contribution is -2.37. The summed E-state index contributed by atoms with van der Waals surface area (Å²) in [5.41, 5.74) is 19.5. The fraction of sp³-hybridized carbons (Fsp3) is 0.261. The topological polar surface area (TPSA) is 48.4 Å². The lowest BCUT2D eigenvalue weighted by molar-refractivity contribution is 0.344. The molecule has 3 aliphatic heterocycles. The summed E-state index contributed by atoms with van der Waals surface area (Å²) in [6.45, 7) is 0. The molecule has 15 rings (SSSR count). The molecule has 0 amide bonds. The Kier molecular flexibility index (Phi) is 10.5. The molecule has 1 aromatic heterocycles. The van der Waals surface area contributed by atoms with E-state index in [-0.39, 0.29) is 16.2 Å². The molecule has 0 unspecified atom stereocenters. The van der Waals surface area contributed by atoms with E-state index >= 15 is 0 Å². The van der Waals surface area contributed by atoms with Gasteiger partial charge in [0, 0.05) is 27.4 Å². The normalized spacial score (nSPS) is 18.4. The molecule has 4 heterocycles. The molecule has 0 radical (unpaired) electrons. The predicted molar refractivity (Wildman–Crippen MR) is 306 cm³/mol. The van der Waals surface area contributed by atoms with Crippen LogP contribution in [-0.2, 0) is 16.2 Å². The molecule has 0 bridgehead atoms. The number of anilines is 9. The smallest absolute Gasteiger partial charge is 0.238 e. The van der Waals surface area contributed by atoms with Gasteiger partial charge in [0.05, 0.1) is 45.5 Å². The van der Waals surface area contributed by atoms with Crippen LogP contribution in [0.25, 0.3) is 22.8 Å². The summed E-state index contributed by atoms with van der Waals surface area (Å²) < 4.78 is 0. The average molecular weight is 975 g/mol. The van der Waals surface area contributed by atoms with Gasteiger partial charge in [-0.1, -0.05) is 191 Å². The number of nitrogens with zero attached hydrogens (tertiary/aromatic N) is 6. The van der Waals surface area contributed by atoms with Crippen LogP contribution < -0.4 is 14.7 Å². The molecule has 9 aromatic rings. The van der Waals surface area contributed by atoms with Crippen LogP contribution in [0.1, 0.15) is 130 Å². The van der Waals surface area contributed by atoms with E-state index in [1.807, 2.05) is 0 Å². The second-order valence-electron chi connectivity index (χ2n) is 22.4. The minimum Gasteiger partial charge on any atom is -0.309 e. The summed E-state index contributed by atoms with van der Waals surface area (Å²) in [4.78, 5) is 24.7. The zero-order valence-corrected chi connectivity index (χ0v) is 42.8. The number of aromatic nitrogens is 3. The van der Waals surface area contributed by atoms with Gasteiger partial charge in [0.1, 0.15) is 0 Å². The third kappa shape index (κ3) is 6.67. The SMILES string of the molecule is c1ccc(N2c3ccccc3C3(CCCCC3)c3ccccc32)c(-c2nc(-c3ccccc3N3c4ccccc4C4(CCCCC4)c4ccccc43)nc(N3c4ccccc4C4(CCCCC4)c4ccccc43)n2)c1. The predicted octanol–water partition coefficient (Wildman–Crippen LogP) is 18.3. The number of rotatable bonds is 5. The van der Waals surface area contributed by atoms with Crippen molar-refractivity contribution in [2.45, 2.75) is 113 Å². The first kappa shape index (κ1) is 44.6. The van der Waals surface area contributed by atoms with Crippen LogP contribution in [-0.4, -0.2) is 15.0 Å². The summed E-state index contributed by atoms with van der Waals surface area (Å²) in [7, 11) is 0. The van der Waals surface area contributed by atoms with E-state index in [1.165, 1.54) is 114 Å². The molecule has 6 aliphatic rings. The third-order valence-corrected chi connectivity index (χ3v) is 18.7. The van der Waals surface area contributed by atoms with Crippen molar-refractivity contribution in [3.63, 3.8) is 0 Å². The lowest BCUT2D eigenvalue weighted by atomic mass is 9.62. The molecular formula is C69H62N6. The Morgan fingerprint density at radius 1 is 0.240 bits per heavy atom. The van der Waals surface area contributed by atoms with Gasteiger partial charge in [-0.15, -0.1) is 0 Å². The summed E-state index contributed by atoms with van der Waals surface area (Å²) in [6, 6.07) is 72.7. The summed E-state index contributed by atoms with van der Waals surface area (Å²) in [6.07, 6.45) is 18.1. The van der Waals surface area contributed by atoms with Gasteiger partial charge in [0.15, 0.2) is 11.6 Å². The van der Waals surface area contributed by atoms with Crippen molar-refractivity contribution in [1.82, 2.24) is 15.0 Å². The number of hydrogen-bond donors (Lipinski definition) is 0. The third-order valence-electron chi connectivity index (χ3n) is 18.7. The van der Waals surface area contributed by atoms with Crippen molar-refractivity contribution in [3.8, 4) is 22.8 Å². The van der Waals surface area contributed by atoms with Crippen LogP contribution >= 0.6 is 0 Å². The summed E-state index contributed by atoms with van der Waals surface area (Å²) in [5.74, 6) is 1.90. The molecule has 6 nitrogen and oxygen atoms in total.